The molecular formula is C20H17FN6O3. The first kappa shape index (κ1) is 19.4. The van der Waals surface area contributed by atoms with Gasteiger partial charge in [0, 0.05) is 11.1 Å². The van der Waals surface area contributed by atoms with Gasteiger partial charge < -0.3 is 9.26 Å². The van der Waals surface area contributed by atoms with Crippen LogP contribution in [0, 0.1) is 5.82 Å². The van der Waals surface area contributed by atoms with Crippen molar-refractivity contribution in [1.29, 1.82) is 0 Å². The molecule has 0 aliphatic rings. The summed E-state index contributed by atoms with van der Waals surface area (Å²) in [5.41, 5.74) is 1.63. The van der Waals surface area contributed by atoms with Crippen molar-refractivity contribution in [3.63, 3.8) is 0 Å². The highest BCUT2D eigenvalue weighted by molar-refractivity contribution is 5.90. The summed E-state index contributed by atoms with van der Waals surface area (Å²) in [6.07, 6.45) is -0.213. The van der Waals surface area contributed by atoms with E-state index in [0.29, 0.717) is 28.3 Å². The molecule has 4 aromatic rings. The van der Waals surface area contributed by atoms with Crippen LogP contribution in [0.5, 0.6) is 0 Å². The minimum atomic E-state index is -0.417. The van der Waals surface area contributed by atoms with Gasteiger partial charge >= 0.3 is 5.97 Å². The van der Waals surface area contributed by atoms with Crippen molar-refractivity contribution in [3.05, 3.63) is 65.7 Å². The molecule has 0 atom stereocenters. The third-order valence-corrected chi connectivity index (χ3v) is 3.99. The summed E-state index contributed by atoms with van der Waals surface area (Å²) in [6, 6.07) is 12.5. The predicted molar refractivity (Wildman–Crippen MR) is 103 cm³/mol. The second-order valence-electron chi connectivity index (χ2n) is 6.70. The van der Waals surface area contributed by atoms with Crippen LogP contribution in [0.2, 0.25) is 0 Å². The zero-order valence-corrected chi connectivity index (χ0v) is 16.2. The quantitative estimate of drug-likeness (QED) is 0.448. The molecule has 0 amide bonds. The van der Waals surface area contributed by atoms with Gasteiger partial charge in [0.2, 0.25) is 5.82 Å². The number of carbonyl (C=O) groups is 1. The Balaban J connectivity index is 1.49. The van der Waals surface area contributed by atoms with Crippen LogP contribution in [0.15, 0.2) is 53.1 Å². The van der Waals surface area contributed by atoms with Gasteiger partial charge in [0.15, 0.2) is 5.82 Å². The van der Waals surface area contributed by atoms with Crippen molar-refractivity contribution in [2.75, 3.05) is 0 Å². The molecule has 9 nitrogen and oxygen atoms in total. The maximum Gasteiger partial charge on any atom is 0.338 e. The molecule has 0 spiro atoms. The first-order chi connectivity index (χ1) is 14.5. The fraction of sp³-hybridized carbons (Fsp3) is 0.200. The van der Waals surface area contributed by atoms with E-state index in [-0.39, 0.29) is 24.4 Å². The molecule has 2 aromatic carbocycles. The first-order valence-electron chi connectivity index (χ1n) is 9.15. The van der Waals surface area contributed by atoms with E-state index in [0.717, 1.165) is 0 Å². The van der Waals surface area contributed by atoms with Crippen LogP contribution in [0.4, 0.5) is 4.39 Å². The van der Waals surface area contributed by atoms with Crippen molar-refractivity contribution < 1.29 is 18.4 Å². The minimum Gasteiger partial charge on any atom is -0.459 e. The van der Waals surface area contributed by atoms with Crippen LogP contribution >= 0.6 is 0 Å². The summed E-state index contributed by atoms with van der Waals surface area (Å²) in [4.78, 5) is 17.7. The Morgan fingerprint density at radius 3 is 2.73 bits per heavy atom. The molecule has 0 N–H and O–H groups in total. The average Bonchev–Trinajstić information content (AvgIpc) is 3.38. The lowest BCUT2D eigenvalue weighted by Gasteiger charge is -2.08. The van der Waals surface area contributed by atoms with E-state index in [4.69, 9.17) is 9.26 Å². The van der Waals surface area contributed by atoms with Crippen molar-refractivity contribution in [2.45, 2.75) is 26.5 Å². The molecule has 0 bridgehead atoms. The summed E-state index contributed by atoms with van der Waals surface area (Å²) in [5.74, 6) is 0.185. The zero-order chi connectivity index (χ0) is 21.1. The fourth-order valence-corrected chi connectivity index (χ4v) is 2.65. The van der Waals surface area contributed by atoms with E-state index in [1.54, 1.807) is 50.2 Å². The third-order valence-electron chi connectivity index (χ3n) is 3.99. The second kappa shape index (κ2) is 8.19. The van der Waals surface area contributed by atoms with Gasteiger partial charge in [0.1, 0.15) is 12.4 Å². The molecule has 0 aliphatic heterocycles. The van der Waals surface area contributed by atoms with E-state index in [2.05, 4.69) is 25.6 Å². The molecule has 2 aromatic heterocycles. The number of benzene rings is 2. The van der Waals surface area contributed by atoms with Crippen LogP contribution in [0.3, 0.4) is 0 Å². The van der Waals surface area contributed by atoms with Gasteiger partial charge in [-0.15, -0.1) is 10.2 Å². The summed E-state index contributed by atoms with van der Waals surface area (Å²) in [7, 11) is 0. The molecule has 0 radical (unpaired) electrons. The molecule has 0 aliphatic carbocycles. The lowest BCUT2D eigenvalue weighted by molar-refractivity contribution is 0.0378. The summed E-state index contributed by atoms with van der Waals surface area (Å²) < 4.78 is 23.5. The first-order valence-corrected chi connectivity index (χ1v) is 9.15. The van der Waals surface area contributed by atoms with Crippen molar-refractivity contribution >= 4 is 5.97 Å². The minimum absolute atomic E-state index is 0.132. The van der Waals surface area contributed by atoms with E-state index >= 15 is 0 Å². The van der Waals surface area contributed by atoms with Gasteiger partial charge in [-0.1, -0.05) is 17.3 Å². The highest BCUT2D eigenvalue weighted by atomic mass is 19.1. The maximum absolute atomic E-state index is 13.0. The molecule has 2 heterocycles. The van der Waals surface area contributed by atoms with E-state index in [1.165, 1.54) is 16.9 Å². The summed E-state index contributed by atoms with van der Waals surface area (Å²) in [6.45, 7) is 3.70. The van der Waals surface area contributed by atoms with Crippen LogP contribution in [0.25, 0.3) is 22.8 Å². The Morgan fingerprint density at radius 1 is 1.17 bits per heavy atom. The lowest BCUT2D eigenvalue weighted by Crippen LogP contribution is -2.11. The van der Waals surface area contributed by atoms with Crippen molar-refractivity contribution in [3.8, 4) is 22.8 Å². The Hall–Kier alpha value is -3.95. The van der Waals surface area contributed by atoms with Crippen LogP contribution in [-0.2, 0) is 11.3 Å². The SMILES string of the molecule is CC(C)OC(=O)c1cccc(-c2nnn(Cc3noc(-c4ccc(F)cc4)n3)n2)c1. The largest absolute Gasteiger partial charge is 0.459 e. The van der Waals surface area contributed by atoms with E-state index in [1.807, 2.05) is 0 Å². The Bertz CT molecular complexity index is 1170. The van der Waals surface area contributed by atoms with Crippen LogP contribution in [0.1, 0.15) is 30.0 Å². The van der Waals surface area contributed by atoms with Gasteiger partial charge in [-0.05, 0) is 55.5 Å². The predicted octanol–water partition coefficient (Wildman–Crippen LogP) is 3.14. The molecule has 10 heteroatoms. The molecule has 4 rings (SSSR count). The molecule has 0 fully saturated rings. The topological polar surface area (TPSA) is 109 Å². The van der Waals surface area contributed by atoms with Crippen LogP contribution in [-0.4, -0.2) is 42.4 Å². The number of carbonyl (C=O) groups excluding carboxylic acids is 1. The number of nitrogens with zero attached hydrogens (tertiary/aromatic N) is 6. The number of halogens is 1. The van der Waals surface area contributed by atoms with Crippen molar-refractivity contribution in [2.24, 2.45) is 0 Å². The molecular weight excluding hydrogens is 391 g/mol. The Morgan fingerprint density at radius 2 is 1.97 bits per heavy atom. The fourth-order valence-electron chi connectivity index (χ4n) is 2.65. The summed E-state index contributed by atoms with van der Waals surface area (Å²) >= 11 is 0. The second-order valence-corrected chi connectivity index (χ2v) is 6.70. The zero-order valence-electron chi connectivity index (χ0n) is 16.2. The smallest absolute Gasteiger partial charge is 0.338 e. The molecule has 30 heavy (non-hydrogen) atoms. The number of rotatable bonds is 6. The van der Waals surface area contributed by atoms with Gasteiger partial charge in [0.25, 0.3) is 5.89 Å². The molecule has 0 saturated carbocycles. The highest BCUT2D eigenvalue weighted by Gasteiger charge is 2.14. The van der Waals surface area contributed by atoms with E-state index < -0.39 is 5.97 Å². The molecule has 0 unspecified atom stereocenters. The van der Waals surface area contributed by atoms with Crippen molar-refractivity contribution in [1.82, 2.24) is 30.3 Å². The normalized spacial score (nSPS) is 11.1. The maximum atomic E-state index is 13.0. The number of hydrogen-bond donors (Lipinski definition) is 0. The van der Waals surface area contributed by atoms with Gasteiger partial charge in [0.05, 0.1) is 11.7 Å². The molecule has 152 valence electrons. The monoisotopic (exact) mass is 408 g/mol. The van der Waals surface area contributed by atoms with Gasteiger partial charge in [-0.25, -0.2) is 9.18 Å². The average molecular weight is 408 g/mol. The third kappa shape index (κ3) is 4.37. The number of aromatic nitrogens is 6. The Labute approximate surface area is 170 Å². The summed E-state index contributed by atoms with van der Waals surface area (Å²) in [5, 5.41) is 16.2. The number of tetrazole rings is 1. The standard InChI is InChI=1S/C20H17FN6O3/c1-12(2)29-20(28)15-5-3-4-14(10-15)18-23-26-27(24-18)11-17-22-19(30-25-17)13-6-8-16(21)9-7-13/h3-10,12H,11H2,1-2H3. The molecule has 0 saturated heterocycles. The number of esters is 1. The number of ether oxygens (including phenoxy) is 1. The highest BCUT2D eigenvalue weighted by Crippen LogP contribution is 2.19. The Kier molecular flexibility index (Phi) is 5.29. The number of hydrogen-bond acceptors (Lipinski definition) is 8. The van der Waals surface area contributed by atoms with E-state index in [9.17, 15) is 9.18 Å². The van der Waals surface area contributed by atoms with Crippen LogP contribution < -0.4 is 0 Å². The van der Waals surface area contributed by atoms with Gasteiger partial charge in [-0.3, -0.25) is 0 Å². The lowest BCUT2D eigenvalue weighted by atomic mass is 10.1. The van der Waals surface area contributed by atoms with Gasteiger partial charge in [-0.2, -0.15) is 9.78 Å².